The molecule has 248 valence electrons. The highest BCUT2D eigenvalue weighted by molar-refractivity contribution is 7.89. The lowest BCUT2D eigenvalue weighted by Gasteiger charge is -2.22. The molecule has 2 aromatic carbocycles. The lowest BCUT2D eigenvalue weighted by atomic mass is 10.1. The molecule has 0 aromatic heterocycles. The van der Waals surface area contributed by atoms with Gasteiger partial charge in [0.15, 0.2) is 0 Å². The van der Waals surface area contributed by atoms with Gasteiger partial charge >= 0.3 is 0 Å². The molecule has 0 spiro atoms. The highest BCUT2D eigenvalue weighted by atomic mass is 32.2. The van der Waals surface area contributed by atoms with E-state index in [4.69, 9.17) is 0 Å². The summed E-state index contributed by atoms with van der Waals surface area (Å²) in [5.74, 6) is -0.152. The number of sulfonamides is 2. The molecule has 44 heavy (non-hydrogen) atoms. The molecule has 10 heteroatoms. The van der Waals surface area contributed by atoms with Crippen LogP contribution in [0.3, 0.4) is 0 Å². The van der Waals surface area contributed by atoms with Crippen molar-refractivity contribution in [3.05, 3.63) is 54.6 Å². The fourth-order valence-corrected chi connectivity index (χ4v) is 7.64. The maximum atomic E-state index is 13.4. The number of nitrogens with zero attached hydrogens (tertiary/aromatic N) is 1. The summed E-state index contributed by atoms with van der Waals surface area (Å²) >= 11 is 0. The summed E-state index contributed by atoms with van der Waals surface area (Å²) in [4.78, 5) is 13.0. The van der Waals surface area contributed by atoms with Gasteiger partial charge in [0.1, 0.15) is 0 Å². The molecule has 0 aliphatic heterocycles. The van der Waals surface area contributed by atoms with E-state index in [-0.39, 0.29) is 10.8 Å². The summed E-state index contributed by atoms with van der Waals surface area (Å²) in [6.45, 7) is 5.56. The van der Waals surface area contributed by atoms with E-state index in [9.17, 15) is 21.6 Å². The van der Waals surface area contributed by atoms with Crippen LogP contribution in [0.5, 0.6) is 0 Å². The molecule has 0 saturated heterocycles. The molecule has 0 saturated carbocycles. The predicted octanol–water partition coefficient (Wildman–Crippen LogP) is 7.88. The Morgan fingerprint density at radius 3 is 1.70 bits per heavy atom. The van der Waals surface area contributed by atoms with Gasteiger partial charge in [0.25, 0.3) is 0 Å². The molecule has 0 radical (unpaired) electrons. The number of unbranched alkanes of at least 4 members (excludes halogenated alkanes) is 12. The SMILES string of the molecule is CCCCCCCCCCCCN(CCCCCC(=O)Nc1ccc(S(=O)(=O)NCCCC)cc1)S(=O)(=O)c1ccccc1. The number of benzene rings is 2. The van der Waals surface area contributed by atoms with Crippen molar-refractivity contribution in [2.45, 2.75) is 126 Å². The van der Waals surface area contributed by atoms with Crippen LogP contribution in [0.4, 0.5) is 5.69 Å². The van der Waals surface area contributed by atoms with E-state index in [2.05, 4.69) is 17.0 Å². The minimum absolute atomic E-state index is 0.152. The summed E-state index contributed by atoms with van der Waals surface area (Å²) in [6, 6.07) is 14.8. The summed E-state index contributed by atoms with van der Waals surface area (Å²) in [5, 5.41) is 2.82. The van der Waals surface area contributed by atoms with Gasteiger partial charge in [0.2, 0.25) is 26.0 Å². The summed E-state index contributed by atoms with van der Waals surface area (Å²) < 4.78 is 55.6. The number of nitrogens with one attached hydrogen (secondary N) is 2. The molecule has 2 N–H and O–H groups in total. The molecule has 0 fully saturated rings. The number of amides is 1. The van der Waals surface area contributed by atoms with E-state index in [0.717, 1.165) is 38.5 Å². The minimum atomic E-state index is -3.57. The lowest BCUT2D eigenvalue weighted by Crippen LogP contribution is -2.33. The zero-order valence-electron chi connectivity index (χ0n) is 26.9. The van der Waals surface area contributed by atoms with Gasteiger partial charge < -0.3 is 5.32 Å². The smallest absolute Gasteiger partial charge is 0.243 e. The van der Waals surface area contributed by atoms with Crippen molar-refractivity contribution in [2.75, 3.05) is 25.0 Å². The van der Waals surface area contributed by atoms with Crippen LogP contribution in [0.15, 0.2) is 64.4 Å². The van der Waals surface area contributed by atoms with Gasteiger partial charge in [-0.1, -0.05) is 103 Å². The Hall–Kier alpha value is -2.27. The number of hydrogen-bond acceptors (Lipinski definition) is 5. The van der Waals surface area contributed by atoms with E-state index in [1.54, 1.807) is 40.7 Å². The zero-order valence-corrected chi connectivity index (χ0v) is 28.6. The van der Waals surface area contributed by atoms with Crippen LogP contribution in [0.2, 0.25) is 0 Å². The van der Waals surface area contributed by atoms with Gasteiger partial charge in [-0.05, 0) is 62.1 Å². The summed E-state index contributed by atoms with van der Waals surface area (Å²) in [6.07, 6.45) is 16.0. The average Bonchev–Trinajstić information content (AvgIpc) is 3.01. The number of anilines is 1. The topological polar surface area (TPSA) is 113 Å². The number of carbonyl (C=O) groups is 1. The molecule has 0 heterocycles. The van der Waals surface area contributed by atoms with Crippen molar-refractivity contribution in [3.63, 3.8) is 0 Å². The Kier molecular flexibility index (Phi) is 18.5. The minimum Gasteiger partial charge on any atom is -0.326 e. The quantitative estimate of drug-likeness (QED) is 0.106. The maximum absolute atomic E-state index is 13.4. The molecule has 2 rings (SSSR count). The molecule has 0 atom stereocenters. The number of hydrogen-bond donors (Lipinski definition) is 2. The summed E-state index contributed by atoms with van der Waals surface area (Å²) in [5.41, 5.74) is 0.541. The van der Waals surface area contributed by atoms with E-state index >= 15 is 0 Å². The second kappa shape index (κ2) is 21.5. The fourth-order valence-electron chi connectivity index (χ4n) is 5.03. The molecule has 0 aliphatic carbocycles. The molecule has 0 bridgehead atoms. The van der Waals surface area contributed by atoms with Crippen LogP contribution in [0.25, 0.3) is 0 Å². The van der Waals surface area contributed by atoms with Crippen LogP contribution in [0, 0.1) is 0 Å². The standard InChI is InChI=1S/C34H55N3O5S2/c1-3-5-7-8-9-10-11-12-13-19-29-37(44(41,42)33-21-16-14-17-22-33)30-20-15-18-23-34(38)36-31-24-26-32(27-25-31)43(39,40)35-28-6-4-2/h14,16-17,21-22,24-27,35H,3-13,15,18-20,23,28-30H2,1-2H3,(H,36,38). The second-order valence-corrected chi connectivity index (χ2v) is 15.2. The average molecular weight is 650 g/mol. The van der Waals surface area contributed by atoms with Crippen LogP contribution >= 0.6 is 0 Å². The van der Waals surface area contributed by atoms with Crippen molar-refractivity contribution < 1.29 is 21.6 Å². The third-order valence-corrected chi connectivity index (χ3v) is 11.1. The monoisotopic (exact) mass is 649 g/mol. The molecule has 0 aliphatic rings. The van der Waals surface area contributed by atoms with Gasteiger partial charge in [-0.2, -0.15) is 4.31 Å². The molecular weight excluding hydrogens is 595 g/mol. The normalized spacial score (nSPS) is 12.1. The van der Waals surface area contributed by atoms with E-state index in [1.165, 1.54) is 57.1 Å². The van der Waals surface area contributed by atoms with Crippen molar-refractivity contribution in [1.82, 2.24) is 9.03 Å². The Morgan fingerprint density at radius 2 is 1.14 bits per heavy atom. The van der Waals surface area contributed by atoms with Crippen molar-refractivity contribution in [3.8, 4) is 0 Å². The molecule has 0 unspecified atom stereocenters. The van der Waals surface area contributed by atoms with Gasteiger partial charge in [0, 0.05) is 31.7 Å². The van der Waals surface area contributed by atoms with Crippen molar-refractivity contribution in [1.29, 1.82) is 0 Å². The van der Waals surface area contributed by atoms with E-state index < -0.39 is 20.0 Å². The number of carbonyl (C=O) groups excluding carboxylic acids is 1. The van der Waals surface area contributed by atoms with Crippen LogP contribution in [-0.2, 0) is 24.8 Å². The molecule has 8 nitrogen and oxygen atoms in total. The third kappa shape index (κ3) is 14.7. The van der Waals surface area contributed by atoms with Crippen LogP contribution < -0.4 is 10.0 Å². The third-order valence-electron chi connectivity index (χ3n) is 7.72. The first-order valence-corrected chi connectivity index (χ1v) is 19.6. The molecular formula is C34H55N3O5S2. The Labute approximate surface area is 267 Å². The Morgan fingerprint density at radius 1 is 0.614 bits per heavy atom. The Balaban J connectivity index is 1.76. The van der Waals surface area contributed by atoms with Crippen LogP contribution in [0.1, 0.15) is 117 Å². The Bertz CT molecular complexity index is 1270. The van der Waals surface area contributed by atoms with Gasteiger partial charge in [-0.15, -0.1) is 0 Å². The van der Waals surface area contributed by atoms with Gasteiger partial charge in [-0.3, -0.25) is 4.79 Å². The largest absolute Gasteiger partial charge is 0.326 e. The maximum Gasteiger partial charge on any atom is 0.243 e. The van der Waals surface area contributed by atoms with Crippen molar-refractivity contribution >= 4 is 31.6 Å². The predicted molar refractivity (Wildman–Crippen MR) is 181 cm³/mol. The highest BCUT2D eigenvalue weighted by Crippen LogP contribution is 2.19. The second-order valence-electron chi connectivity index (χ2n) is 11.5. The first-order chi connectivity index (χ1) is 21.2. The fraction of sp³-hybridized carbons (Fsp3) is 0.618. The first-order valence-electron chi connectivity index (χ1n) is 16.7. The number of rotatable bonds is 25. The molecule has 1 amide bonds. The zero-order chi connectivity index (χ0) is 32.1. The van der Waals surface area contributed by atoms with Gasteiger partial charge in [-0.25, -0.2) is 21.6 Å². The van der Waals surface area contributed by atoms with Gasteiger partial charge in [0.05, 0.1) is 9.79 Å². The van der Waals surface area contributed by atoms with E-state index in [0.29, 0.717) is 49.5 Å². The lowest BCUT2D eigenvalue weighted by molar-refractivity contribution is -0.116. The first kappa shape index (κ1) is 37.9. The highest BCUT2D eigenvalue weighted by Gasteiger charge is 2.23. The van der Waals surface area contributed by atoms with Crippen molar-refractivity contribution in [2.24, 2.45) is 0 Å². The molecule has 2 aromatic rings. The summed E-state index contributed by atoms with van der Waals surface area (Å²) in [7, 11) is -7.13. The van der Waals surface area contributed by atoms with E-state index in [1.807, 2.05) is 13.0 Å². The van der Waals surface area contributed by atoms with Crippen LogP contribution in [-0.4, -0.2) is 46.7 Å².